The van der Waals surface area contributed by atoms with Gasteiger partial charge in [-0.1, -0.05) is 29.8 Å². The summed E-state index contributed by atoms with van der Waals surface area (Å²) in [6.45, 7) is 0. The molecule has 1 amide bonds. The van der Waals surface area contributed by atoms with E-state index >= 15 is 0 Å². The molecule has 0 radical (unpaired) electrons. The maximum Gasteiger partial charge on any atom is 0.256 e. The molecule has 0 spiro atoms. The maximum absolute atomic E-state index is 12.3. The van der Waals surface area contributed by atoms with Gasteiger partial charge < -0.3 is 5.32 Å². The molecule has 6 heteroatoms. The zero-order valence-corrected chi connectivity index (χ0v) is 13.7. The van der Waals surface area contributed by atoms with Crippen molar-refractivity contribution in [3.63, 3.8) is 0 Å². The first-order valence-electron chi connectivity index (χ1n) is 6.51. The molecule has 0 bridgehead atoms. The molecule has 0 atom stereocenters. The number of aromatic nitrogens is 2. The summed E-state index contributed by atoms with van der Waals surface area (Å²) >= 11 is 9.24. The van der Waals surface area contributed by atoms with Crippen LogP contribution in [-0.4, -0.2) is 15.7 Å². The Morgan fingerprint density at radius 3 is 2.45 bits per heavy atom. The number of hydrogen-bond donors (Lipinski definition) is 1. The molecule has 110 valence electrons. The van der Waals surface area contributed by atoms with Crippen LogP contribution in [0.15, 0.2) is 65.3 Å². The van der Waals surface area contributed by atoms with Gasteiger partial charge in [0.05, 0.1) is 16.4 Å². The van der Waals surface area contributed by atoms with Gasteiger partial charge in [-0.05, 0) is 52.3 Å². The summed E-state index contributed by atoms with van der Waals surface area (Å²) in [6.07, 6.45) is 1.64. The van der Waals surface area contributed by atoms with Crippen LogP contribution in [0.5, 0.6) is 0 Å². The van der Waals surface area contributed by atoms with Gasteiger partial charge in [-0.3, -0.25) is 4.79 Å². The number of amides is 1. The lowest BCUT2D eigenvalue weighted by Gasteiger charge is -2.09. The first-order valence-corrected chi connectivity index (χ1v) is 7.68. The van der Waals surface area contributed by atoms with Crippen LogP contribution in [-0.2, 0) is 0 Å². The highest BCUT2D eigenvalue weighted by Gasteiger charge is 2.14. The van der Waals surface area contributed by atoms with Gasteiger partial charge in [-0.2, -0.15) is 5.10 Å². The Morgan fingerprint density at radius 2 is 1.77 bits per heavy atom. The van der Waals surface area contributed by atoms with Crippen molar-refractivity contribution in [2.75, 3.05) is 5.32 Å². The maximum atomic E-state index is 12.3. The van der Waals surface area contributed by atoms with Crippen molar-refractivity contribution in [1.82, 2.24) is 9.78 Å². The van der Waals surface area contributed by atoms with Gasteiger partial charge in [-0.15, -0.1) is 0 Å². The fraction of sp³-hybridized carbons (Fsp3) is 0. The van der Waals surface area contributed by atoms with Gasteiger partial charge in [0.2, 0.25) is 0 Å². The second-order valence-corrected chi connectivity index (χ2v) is 5.84. The van der Waals surface area contributed by atoms with E-state index in [2.05, 4.69) is 26.3 Å². The Labute approximate surface area is 140 Å². The van der Waals surface area contributed by atoms with Crippen LogP contribution in [0.25, 0.3) is 5.69 Å². The lowest BCUT2D eigenvalue weighted by molar-refractivity contribution is 0.102. The molecule has 0 aliphatic carbocycles. The van der Waals surface area contributed by atoms with Crippen molar-refractivity contribution in [2.24, 2.45) is 0 Å². The Bertz CT molecular complexity index is 800. The summed E-state index contributed by atoms with van der Waals surface area (Å²) in [7, 11) is 0. The molecule has 1 heterocycles. The van der Waals surface area contributed by atoms with Gasteiger partial charge in [-0.25, -0.2) is 4.68 Å². The summed E-state index contributed by atoms with van der Waals surface area (Å²) in [6, 6.07) is 16.3. The first kappa shape index (κ1) is 14.8. The molecule has 2 aromatic carbocycles. The lowest BCUT2D eigenvalue weighted by Crippen LogP contribution is -2.15. The molecule has 0 aliphatic heterocycles. The molecular formula is C16H11BrClN3O. The van der Waals surface area contributed by atoms with Gasteiger partial charge in [0.25, 0.3) is 5.91 Å². The third-order valence-corrected chi connectivity index (χ3v) is 3.90. The molecule has 22 heavy (non-hydrogen) atoms. The number of anilines is 1. The fourth-order valence-corrected chi connectivity index (χ4v) is 2.47. The van der Waals surface area contributed by atoms with Crippen molar-refractivity contribution in [1.29, 1.82) is 0 Å². The first-order chi connectivity index (χ1) is 10.6. The number of carbonyl (C=O) groups excluding carboxylic acids is 1. The van der Waals surface area contributed by atoms with E-state index in [1.807, 2.05) is 30.3 Å². The highest BCUT2D eigenvalue weighted by molar-refractivity contribution is 9.10. The smallest absolute Gasteiger partial charge is 0.256 e. The van der Waals surface area contributed by atoms with Crippen molar-refractivity contribution >= 4 is 39.3 Å². The molecule has 0 aliphatic rings. The van der Waals surface area contributed by atoms with E-state index in [9.17, 15) is 4.79 Å². The van der Waals surface area contributed by atoms with Crippen LogP contribution in [0.4, 0.5) is 5.82 Å². The van der Waals surface area contributed by atoms with Gasteiger partial charge in [0.1, 0.15) is 0 Å². The SMILES string of the molecule is O=C(Nc1c(Br)cnn1-c1ccccc1)c1ccc(Cl)cc1. The highest BCUT2D eigenvalue weighted by Crippen LogP contribution is 2.25. The minimum atomic E-state index is -0.227. The minimum Gasteiger partial charge on any atom is -0.306 e. The number of rotatable bonds is 3. The van der Waals surface area contributed by atoms with Gasteiger partial charge in [0, 0.05) is 10.6 Å². The quantitative estimate of drug-likeness (QED) is 0.729. The Balaban J connectivity index is 1.91. The van der Waals surface area contributed by atoms with Crippen LogP contribution < -0.4 is 5.32 Å². The van der Waals surface area contributed by atoms with Crippen LogP contribution in [0.1, 0.15) is 10.4 Å². The van der Waals surface area contributed by atoms with Gasteiger partial charge >= 0.3 is 0 Å². The zero-order valence-electron chi connectivity index (χ0n) is 11.3. The fourth-order valence-electron chi connectivity index (χ4n) is 1.99. The molecule has 0 unspecified atom stereocenters. The number of carbonyl (C=O) groups is 1. The molecule has 1 N–H and O–H groups in total. The second-order valence-electron chi connectivity index (χ2n) is 4.55. The lowest BCUT2D eigenvalue weighted by atomic mass is 10.2. The predicted octanol–water partition coefficient (Wildman–Crippen LogP) is 4.54. The molecule has 4 nitrogen and oxygen atoms in total. The number of nitrogens with one attached hydrogen (secondary N) is 1. The normalized spacial score (nSPS) is 10.5. The average Bonchev–Trinajstić information content (AvgIpc) is 2.90. The van der Waals surface area contributed by atoms with Gasteiger partial charge in [0.15, 0.2) is 5.82 Å². The summed E-state index contributed by atoms with van der Waals surface area (Å²) in [4.78, 5) is 12.3. The number of hydrogen-bond acceptors (Lipinski definition) is 2. The van der Waals surface area contributed by atoms with Crippen molar-refractivity contribution < 1.29 is 4.79 Å². The molecule has 3 aromatic rings. The standard InChI is InChI=1S/C16H11BrClN3O/c17-14-10-19-21(13-4-2-1-3-5-13)15(14)20-16(22)11-6-8-12(18)9-7-11/h1-10H,(H,20,22). The number of halogens is 2. The molecule has 0 saturated carbocycles. The van der Waals surface area contributed by atoms with E-state index < -0.39 is 0 Å². The monoisotopic (exact) mass is 375 g/mol. The number of para-hydroxylation sites is 1. The summed E-state index contributed by atoms with van der Waals surface area (Å²) in [5, 5.41) is 7.74. The molecule has 0 saturated heterocycles. The van der Waals surface area contributed by atoms with Crippen LogP contribution in [0, 0.1) is 0 Å². The molecule has 0 fully saturated rings. The topological polar surface area (TPSA) is 46.9 Å². The van der Waals surface area contributed by atoms with E-state index in [1.54, 1.807) is 35.1 Å². The van der Waals surface area contributed by atoms with Crippen LogP contribution in [0.3, 0.4) is 0 Å². The third-order valence-electron chi connectivity index (χ3n) is 3.06. The minimum absolute atomic E-state index is 0.227. The Hall–Kier alpha value is -2.11. The number of benzene rings is 2. The van der Waals surface area contributed by atoms with E-state index in [4.69, 9.17) is 11.6 Å². The molecule has 1 aromatic heterocycles. The summed E-state index contributed by atoms with van der Waals surface area (Å²) in [5.41, 5.74) is 1.39. The summed E-state index contributed by atoms with van der Waals surface area (Å²) < 4.78 is 2.37. The molecule has 3 rings (SSSR count). The van der Waals surface area contributed by atoms with E-state index in [-0.39, 0.29) is 5.91 Å². The van der Waals surface area contributed by atoms with Crippen LogP contribution >= 0.6 is 27.5 Å². The highest BCUT2D eigenvalue weighted by atomic mass is 79.9. The third kappa shape index (κ3) is 3.05. The number of nitrogens with zero attached hydrogens (tertiary/aromatic N) is 2. The van der Waals surface area contributed by atoms with Crippen LogP contribution in [0.2, 0.25) is 5.02 Å². The average molecular weight is 377 g/mol. The largest absolute Gasteiger partial charge is 0.306 e. The zero-order chi connectivity index (χ0) is 15.5. The van der Waals surface area contributed by atoms with E-state index in [0.29, 0.717) is 20.9 Å². The summed E-state index contributed by atoms with van der Waals surface area (Å²) in [5.74, 6) is 0.348. The van der Waals surface area contributed by atoms with E-state index in [1.165, 1.54) is 0 Å². The predicted molar refractivity (Wildman–Crippen MR) is 90.7 cm³/mol. The Kier molecular flexibility index (Phi) is 4.27. The van der Waals surface area contributed by atoms with Crippen molar-refractivity contribution in [3.05, 3.63) is 75.9 Å². The van der Waals surface area contributed by atoms with E-state index in [0.717, 1.165) is 5.69 Å². The second kappa shape index (κ2) is 6.34. The Morgan fingerprint density at radius 1 is 1.09 bits per heavy atom. The molecular weight excluding hydrogens is 366 g/mol. The van der Waals surface area contributed by atoms with Crippen molar-refractivity contribution in [3.8, 4) is 5.69 Å². The van der Waals surface area contributed by atoms with Crippen molar-refractivity contribution in [2.45, 2.75) is 0 Å².